The van der Waals surface area contributed by atoms with Crippen molar-refractivity contribution in [3.05, 3.63) is 35.4 Å². The number of carbonyl (C=O) groups is 1. The van der Waals surface area contributed by atoms with Gasteiger partial charge in [0.15, 0.2) is 0 Å². The number of likely N-dealkylation sites (tertiary alicyclic amines) is 1. The molecule has 5 unspecified atom stereocenters. The van der Waals surface area contributed by atoms with Gasteiger partial charge in [-0.2, -0.15) is 0 Å². The molecule has 124 valence electrons. The molecule has 4 rings (SSSR count). The van der Waals surface area contributed by atoms with Crippen molar-refractivity contribution in [1.82, 2.24) is 4.90 Å². The topological polar surface area (TPSA) is 46.3 Å². The molecule has 2 saturated carbocycles. The van der Waals surface area contributed by atoms with E-state index >= 15 is 0 Å². The van der Waals surface area contributed by atoms with Crippen molar-refractivity contribution >= 4 is 5.91 Å². The summed E-state index contributed by atoms with van der Waals surface area (Å²) < 4.78 is 0. The molecular formula is C20H28N2O. The van der Waals surface area contributed by atoms with Gasteiger partial charge in [-0.15, -0.1) is 0 Å². The number of fused-ring (bicyclic) bond motifs is 1. The van der Waals surface area contributed by atoms with Crippen LogP contribution in [0.3, 0.4) is 0 Å². The molecular weight excluding hydrogens is 284 g/mol. The lowest BCUT2D eigenvalue weighted by atomic mass is 9.98. The van der Waals surface area contributed by atoms with E-state index in [-0.39, 0.29) is 5.92 Å². The summed E-state index contributed by atoms with van der Waals surface area (Å²) in [6, 6.07) is 9.21. The third-order valence-electron chi connectivity index (χ3n) is 6.36. The third-order valence-corrected chi connectivity index (χ3v) is 6.36. The van der Waals surface area contributed by atoms with E-state index in [1.165, 1.54) is 17.5 Å². The first-order chi connectivity index (χ1) is 11.0. The van der Waals surface area contributed by atoms with Gasteiger partial charge >= 0.3 is 0 Å². The molecule has 3 heteroatoms. The van der Waals surface area contributed by atoms with Crippen LogP contribution in [-0.4, -0.2) is 29.9 Å². The Morgan fingerprint density at radius 2 is 1.91 bits per heavy atom. The van der Waals surface area contributed by atoms with E-state index in [4.69, 9.17) is 5.73 Å². The van der Waals surface area contributed by atoms with E-state index in [1.807, 2.05) is 0 Å². The summed E-state index contributed by atoms with van der Waals surface area (Å²) in [5, 5.41) is 0. The quantitative estimate of drug-likeness (QED) is 0.932. The molecule has 1 saturated heterocycles. The maximum absolute atomic E-state index is 12.8. The monoisotopic (exact) mass is 312 g/mol. The van der Waals surface area contributed by atoms with Gasteiger partial charge in [-0.05, 0) is 54.1 Å². The number of hydrogen-bond donors (Lipinski definition) is 1. The molecule has 3 nitrogen and oxygen atoms in total. The normalized spacial score (nSPS) is 35.7. The van der Waals surface area contributed by atoms with Crippen molar-refractivity contribution in [1.29, 1.82) is 0 Å². The van der Waals surface area contributed by atoms with Gasteiger partial charge in [-0.1, -0.05) is 38.1 Å². The van der Waals surface area contributed by atoms with Crippen LogP contribution in [0.1, 0.15) is 56.1 Å². The standard InChI is InChI=1S/C20H28N2O/c1-12(2)13-3-5-14(6-4-13)16-9-17(16)20(23)22-10-15-7-8-19(21)18(15)11-22/h3-6,12,15-19H,7-11,21H2,1-2H3. The van der Waals surface area contributed by atoms with Crippen LogP contribution in [0.2, 0.25) is 0 Å². The van der Waals surface area contributed by atoms with Crippen molar-refractivity contribution in [3.8, 4) is 0 Å². The Morgan fingerprint density at radius 1 is 1.17 bits per heavy atom. The molecule has 23 heavy (non-hydrogen) atoms. The second-order valence-corrected chi connectivity index (χ2v) is 8.18. The molecule has 1 aromatic carbocycles. The molecule has 1 aromatic rings. The van der Waals surface area contributed by atoms with E-state index < -0.39 is 0 Å². The maximum Gasteiger partial charge on any atom is 0.226 e. The number of benzene rings is 1. The summed E-state index contributed by atoms with van der Waals surface area (Å²) in [5.41, 5.74) is 8.90. The predicted molar refractivity (Wildman–Crippen MR) is 92.1 cm³/mol. The van der Waals surface area contributed by atoms with Crippen molar-refractivity contribution in [2.45, 2.75) is 51.0 Å². The van der Waals surface area contributed by atoms with Crippen molar-refractivity contribution in [3.63, 3.8) is 0 Å². The van der Waals surface area contributed by atoms with Crippen molar-refractivity contribution in [2.75, 3.05) is 13.1 Å². The Hall–Kier alpha value is -1.35. The molecule has 0 radical (unpaired) electrons. The lowest BCUT2D eigenvalue weighted by molar-refractivity contribution is -0.131. The first-order valence-corrected chi connectivity index (χ1v) is 9.19. The number of carbonyl (C=O) groups excluding carboxylic acids is 1. The Morgan fingerprint density at radius 3 is 2.57 bits per heavy atom. The van der Waals surface area contributed by atoms with Crippen LogP contribution in [0.4, 0.5) is 0 Å². The van der Waals surface area contributed by atoms with Gasteiger partial charge < -0.3 is 10.6 Å². The number of nitrogens with two attached hydrogens (primary N) is 1. The lowest BCUT2D eigenvalue weighted by Gasteiger charge is -2.19. The minimum absolute atomic E-state index is 0.218. The van der Waals surface area contributed by atoms with Gasteiger partial charge in [-0.25, -0.2) is 0 Å². The second-order valence-electron chi connectivity index (χ2n) is 8.18. The first-order valence-electron chi connectivity index (χ1n) is 9.19. The Balaban J connectivity index is 1.38. The summed E-state index contributed by atoms with van der Waals surface area (Å²) in [7, 11) is 0. The average Bonchev–Trinajstić information content (AvgIpc) is 3.11. The molecule has 2 aliphatic carbocycles. The zero-order chi connectivity index (χ0) is 16.1. The Kier molecular flexibility index (Phi) is 3.72. The Labute approximate surface area is 139 Å². The fraction of sp³-hybridized carbons (Fsp3) is 0.650. The van der Waals surface area contributed by atoms with Crippen LogP contribution in [-0.2, 0) is 4.79 Å². The van der Waals surface area contributed by atoms with Gasteiger partial charge in [0, 0.05) is 25.0 Å². The Bertz CT molecular complexity index is 594. The van der Waals surface area contributed by atoms with Crippen molar-refractivity contribution in [2.24, 2.45) is 23.5 Å². The third kappa shape index (κ3) is 2.69. The highest BCUT2D eigenvalue weighted by atomic mass is 16.2. The highest BCUT2D eigenvalue weighted by molar-refractivity contribution is 5.83. The SMILES string of the molecule is CC(C)c1ccc(C2CC2C(=O)N2CC3CCC(N)C3C2)cc1. The summed E-state index contributed by atoms with van der Waals surface area (Å²) >= 11 is 0. The highest BCUT2D eigenvalue weighted by Gasteiger charge is 2.49. The highest BCUT2D eigenvalue weighted by Crippen LogP contribution is 2.50. The largest absolute Gasteiger partial charge is 0.342 e. The van der Waals surface area contributed by atoms with E-state index in [9.17, 15) is 4.79 Å². The molecule has 1 aliphatic heterocycles. The van der Waals surface area contributed by atoms with Crippen LogP contribution >= 0.6 is 0 Å². The molecule has 5 atom stereocenters. The minimum Gasteiger partial charge on any atom is -0.342 e. The molecule has 1 heterocycles. The van der Waals surface area contributed by atoms with E-state index in [2.05, 4.69) is 43.0 Å². The second kappa shape index (κ2) is 5.62. The van der Waals surface area contributed by atoms with Gasteiger partial charge in [0.2, 0.25) is 5.91 Å². The molecule has 0 spiro atoms. The first kappa shape index (κ1) is 15.2. The van der Waals surface area contributed by atoms with E-state index in [0.29, 0.717) is 35.6 Å². The van der Waals surface area contributed by atoms with Gasteiger partial charge in [-0.3, -0.25) is 4.79 Å². The van der Waals surface area contributed by atoms with Crippen LogP contribution in [0.5, 0.6) is 0 Å². The minimum atomic E-state index is 0.218. The molecule has 0 bridgehead atoms. The van der Waals surface area contributed by atoms with Crippen LogP contribution in [0.25, 0.3) is 0 Å². The molecule has 1 amide bonds. The summed E-state index contributed by atoms with van der Waals surface area (Å²) in [6.07, 6.45) is 3.38. The average molecular weight is 312 g/mol. The summed E-state index contributed by atoms with van der Waals surface area (Å²) in [4.78, 5) is 14.9. The molecule has 0 aromatic heterocycles. The molecule has 3 aliphatic rings. The molecule has 3 fully saturated rings. The number of rotatable bonds is 3. The molecule has 2 N–H and O–H groups in total. The fourth-order valence-electron chi connectivity index (χ4n) is 4.69. The van der Waals surface area contributed by atoms with Crippen molar-refractivity contribution < 1.29 is 4.79 Å². The summed E-state index contributed by atoms with van der Waals surface area (Å²) in [5.74, 6) is 2.82. The van der Waals surface area contributed by atoms with Crippen LogP contribution in [0, 0.1) is 17.8 Å². The fourth-order valence-corrected chi connectivity index (χ4v) is 4.69. The summed E-state index contributed by atoms with van der Waals surface area (Å²) in [6.45, 7) is 6.29. The van der Waals surface area contributed by atoms with E-state index in [0.717, 1.165) is 25.9 Å². The predicted octanol–water partition coefficient (Wildman–Crippen LogP) is 3.11. The number of amides is 1. The zero-order valence-corrected chi connectivity index (χ0v) is 14.2. The van der Waals surface area contributed by atoms with Crippen LogP contribution < -0.4 is 5.73 Å². The van der Waals surface area contributed by atoms with Gasteiger partial charge in [0.05, 0.1) is 0 Å². The number of nitrogens with zero attached hydrogens (tertiary/aromatic N) is 1. The maximum atomic E-state index is 12.8. The number of hydrogen-bond acceptors (Lipinski definition) is 2. The van der Waals surface area contributed by atoms with Crippen LogP contribution in [0.15, 0.2) is 24.3 Å². The van der Waals surface area contributed by atoms with Gasteiger partial charge in [0.25, 0.3) is 0 Å². The lowest BCUT2D eigenvalue weighted by Crippen LogP contribution is -2.34. The zero-order valence-electron chi connectivity index (χ0n) is 14.2. The smallest absolute Gasteiger partial charge is 0.226 e. The van der Waals surface area contributed by atoms with Gasteiger partial charge in [0.1, 0.15) is 0 Å². The van der Waals surface area contributed by atoms with E-state index in [1.54, 1.807) is 0 Å².